The Balaban J connectivity index is 0.000000386. The lowest BCUT2D eigenvalue weighted by molar-refractivity contribution is 0.0787. The Hall–Kier alpha value is -0.120. The molecule has 0 bridgehead atoms. The van der Waals surface area contributed by atoms with Gasteiger partial charge in [-0.1, -0.05) is 28.2 Å². The first-order valence-corrected chi connectivity index (χ1v) is 11.8. The van der Waals surface area contributed by atoms with Gasteiger partial charge in [0.25, 0.3) is 0 Å². The molecule has 3 aliphatic heterocycles. The molecule has 1 atom stereocenters. The van der Waals surface area contributed by atoms with E-state index in [9.17, 15) is 0 Å². The second kappa shape index (κ2) is 14.0. The lowest BCUT2D eigenvalue weighted by Crippen LogP contribution is -2.48. The summed E-state index contributed by atoms with van der Waals surface area (Å²) in [6.07, 6.45) is 4.20. The van der Waals surface area contributed by atoms with Crippen molar-refractivity contribution in [3.05, 3.63) is 0 Å². The van der Waals surface area contributed by atoms with Gasteiger partial charge in [0, 0.05) is 37.8 Å². The third-order valence-electron chi connectivity index (χ3n) is 6.56. The van der Waals surface area contributed by atoms with Gasteiger partial charge in [-0.15, -0.1) is 0 Å². The molecule has 28 heavy (non-hydrogen) atoms. The molecule has 3 rings (SSSR count). The SMILES string of the molecule is C.CC1CCN(C(C)C)C1.CC1CCN(C(C)C)CC1.CC1CN(C(C)C)C1. The second-order valence-electron chi connectivity index (χ2n) is 10.4. The molecule has 0 aromatic heterocycles. The van der Waals surface area contributed by atoms with Gasteiger partial charge in [-0.2, -0.15) is 0 Å². The minimum absolute atomic E-state index is 0. The van der Waals surface area contributed by atoms with Crippen LogP contribution in [-0.4, -0.2) is 72.1 Å². The maximum atomic E-state index is 2.57. The summed E-state index contributed by atoms with van der Waals surface area (Å²) in [4.78, 5) is 7.61. The number of hydrogen-bond acceptors (Lipinski definition) is 3. The molecule has 0 radical (unpaired) electrons. The van der Waals surface area contributed by atoms with E-state index in [4.69, 9.17) is 0 Å². The highest BCUT2D eigenvalue weighted by atomic mass is 15.2. The van der Waals surface area contributed by atoms with Crippen LogP contribution in [0.1, 0.15) is 89.0 Å². The highest BCUT2D eigenvalue weighted by Gasteiger charge is 2.23. The standard InChI is InChI=1S/C9H19N.C8H17N.C7H15N.CH4/c1-8(2)10-6-4-9(3)5-7-10;1-7(2)9-5-4-8(3)6-9;1-6(2)8-4-7(3)5-8;/h8-9H,4-7H2,1-3H3;7-8H,4-6H2,1-3H3;6-7H,4-5H2,1-3H3;1H4. The highest BCUT2D eigenvalue weighted by molar-refractivity contribution is 4.78. The smallest absolute Gasteiger partial charge is 0.00388 e. The number of piperidine rings is 1. The van der Waals surface area contributed by atoms with Crippen molar-refractivity contribution in [1.29, 1.82) is 0 Å². The van der Waals surface area contributed by atoms with Gasteiger partial charge in [0.05, 0.1) is 0 Å². The molecule has 3 heterocycles. The summed E-state index contributed by atoms with van der Waals surface area (Å²) >= 11 is 0. The first-order chi connectivity index (χ1) is 12.6. The molecule has 170 valence electrons. The number of likely N-dealkylation sites (tertiary alicyclic amines) is 3. The van der Waals surface area contributed by atoms with Crippen LogP contribution in [0.4, 0.5) is 0 Å². The Labute approximate surface area is 179 Å². The van der Waals surface area contributed by atoms with Gasteiger partial charge in [-0.25, -0.2) is 0 Å². The molecule has 0 aromatic rings. The van der Waals surface area contributed by atoms with Gasteiger partial charge in [-0.3, -0.25) is 0 Å². The zero-order valence-electron chi connectivity index (χ0n) is 20.2. The van der Waals surface area contributed by atoms with Gasteiger partial charge in [0.2, 0.25) is 0 Å². The summed E-state index contributed by atoms with van der Waals surface area (Å²) in [5.74, 6) is 2.86. The molecule has 3 fully saturated rings. The predicted molar refractivity (Wildman–Crippen MR) is 128 cm³/mol. The van der Waals surface area contributed by atoms with E-state index >= 15 is 0 Å². The van der Waals surface area contributed by atoms with E-state index in [1.54, 1.807) is 0 Å². The van der Waals surface area contributed by atoms with Gasteiger partial charge in [0.1, 0.15) is 0 Å². The first kappa shape index (κ1) is 27.9. The monoisotopic (exact) mass is 397 g/mol. The molecule has 0 aliphatic carbocycles. The minimum Gasteiger partial charge on any atom is -0.301 e. The van der Waals surface area contributed by atoms with Crippen LogP contribution in [0.5, 0.6) is 0 Å². The molecule has 0 spiro atoms. The van der Waals surface area contributed by atoms with Crippen LogP contribution in [0.15, 0.2) is 0 Å². The summed E-state index contributed by atoms with van der Waals surface area (Å²) in [7, 11) is 0. The number of rotatable bonds is 3. The largest absolute Gasteiger partial charge is 0.301 e. The van der Waals surface area contributed by atoms with Crippen molar-refractivity contribution in [2.24, 2.45) is 17.8 Å². The van der Waals surface area contributed by atoms with Gasteiger partial charge < -0.3 is 14.7 Å². The minimum atomic E-state index is 0. The lowest BCUT2D eigenvalue weighted by Gasteiger charge is -2.40. The first-order valence-electron chi connectivity index (χ1n) is 11.8. The molecule has 0 aromatic carbocycles. The summed E-state index contributed by atoms with van der Waals surface area (Å²) in [6.45, 7) is 28.5. The van der Waals surface area contributed by atoms with Gasteiger partial charge in [-0.05, 0) is 98.2 Å². The fourth-order valence-electron chi connectivity index (χ4n) is 4.15. The van der Waals surface area contributed by atoms with Crippen molar-refractivity contribution in [2.75, 3.05) is 39.3 Å². The Morgan fingerprint density at radius 2 is 0.857 bits per heavy atom. The van der Waals surface area contributed by atoms with Crippen molar-refractivity contribution in [2.45, 2.75) is 107 Å². The van der Waals surface area contributed by atoms with Crippen LogP contribution >= 0.6 is 0 Å². The predicted octanol–water partition coefficient (Wildman–Crippen LogP) is 5.85. The maximum Gasteiger partial charge on any atom is 0.00388 e. The van der Waals surface area contributed by atoms with Crippen LogP contribution in [0, 0.1) is 17.8 Å². The summed E-state index contributed by atoms with van der Waals surface area (Å²) in [5.41, 5.74) is 0. The average Bonchev–Trinajstić information content (AvgIpc) is 3.00. The second-order valence-corrected chi connectivity index (χ2v) is 10.4. The zero-order valence-corrected chi connectivity index (χ0v) is 20.2. The summed E-state index contributed by atoms with van der Waals surface area (Å²) in [6, 6.07) is 2.29. The average molecular weight is 398 g/mol. The van der Waals surface area contributed by atoms with Crippen LogP contribution in [0.2, 0.25) is 0 Å². The summed E-state index contributed by atoms with van der Waals surface area (Å²) < 4.78 is 0. The van der Waals surface area contributed by atoms with Gasteiger partial charge >= 0.3 is 0 Å². The van der Waals surface area contributed by atoms with Crippen molar-refractivity contribution in [1.82, 2.24) is 14.7 Å². The van der Waals surface area contributed by atoms with E-state index < -0.39 is 0 Å². The molecular formula is C25H55N3. The van der Waals surface area contributed by atoms with E-state index in [0.717, 1.165) is 35.9 Å². The molecule has 3 saturated heterocycles. The van der Waals surface area contributed by atoms with E-state index in [0.29, 0.717) is 0 Å². The molecule has 1 unspecified atom stereocenters. The van der Waals surface area contributed by atoms with E-state index in [-0.39, 0.29) is 7.43 Å². The van der Waals surface area contributed by atoms with Crippen molar-refractivity contribution < 1.29 is 0 Å². The lowest BCUT2D eigenvalue weighted by atomic mass is 9.98. The Bertz CT molecular complexity index is 366. The molecule has 0 amide bonds. The van der Waals surface area contributed by atoms with Crippen LogP contribution in [0.25, 0.3) is 0 Å². The quantitative estimate of drug-likeness (QED) is 0.592. The Kier molecular flexibility index (Phi) is 13.9. The molecular weight excluding hydrogens is 342 g/mol. The maximum absolute atomic E-state index is 2.57. The Morgan fingerprint density at radius 3 is 1.11 bits per heavy atom. The van der Waals surface area contributed by atoms with Crippen molar-refractivity contribution in [3.63, 3.8) is 0 Å². The van der Waals surface area contributed by atoms with Crippen LogP contribution < -0.4 is 0 Å². The number of nitrogens with zero attached hydrogens (tertiary/aromatic N) is 3. The fourth-order valence-corrected chi connectivity index (χ4v) is 4.15. The Morgan fingerprint density at radius 1 is 0.500 bits per heavy atom. The molecule has 3 heteroatoms. The topological polar surface area (TPSA) is 9.72 Å². The third kappa shape index (κ3) is 10.6. The van der Waals surface area contributed by atoms with E-state index in [1.807, 2.05) is 0 Å². The third-order valence-corrected chi connectivity index (χ3v) is 6.56. The van der Waals surface area contributed by atoms with Crippen molar-refractivity contribution >= 4 is 0 Å². The van der Waals surface area contributed by atoms with E-state index in [2.05, 4.69) is 77.0 Å². The number of hydrogen-bond donors (Lipinski definition) is 0. The highest BCUT2D eigenvalue weighted by Crippen LogP contribution is 2.18. The van der Waals surface area contributed by atoms with Gasteiger partial charge in [0.15, 0.2) is 0 Å². The normalized spacial score (nSPS) is 25.1. The molecule has 0 saturated carbocycles. The zero-order chi connectivity index (χ0) is 20.6. The molecule has 0 N–H and O–H groups in total. The van der Waals surface area contributed by atoms with Crippen molar-refractivity contribution in [3.8, 4) is 0 Å². The van der Waals surface area contributed by atoms with E-state index in [1.165, 1.54) is 58.5 Å². The molecule has 3 aliphatic rings. The van der Waals surface area contributed by atoms with Crippen LogP contribution in [0.3, 0.4) is 0 Å². The van der Waals surface area contributed by atoms with Crippen LogP contribution in [-0.2, 0) is 0 Å². The fraction of sp³-hybridized carbons (Fsp3) is 1.00. The summed E-state index contributed by atoms with van der Waals surface area (Å²) in [5, 5.41) is 0. The molecule has 3 nitrogen and oxygen atoms in total.